The van der Waals surface area contributed by atoms with Crippen LogP contribution in [-0.4, -0.2) is 24.6 Å². The first-order chi connectivity index (χ1) is 16.4. The smallest absolute Gasteiger partial charge is 0.329 e. The van der Waals surface area contributed by atoms with Gasteiger partial charge in [-0.15, -0.1) is 0 Å². The van der Waals surface area contributed by atoms with Gasteiger partial charge in [0, 0.05) is 15.7 Å². The van der Waals surface area contributed by atoms with Crippen LogP contribution in [0.2, 0.25) is 0 Å². The van der Waals surface area contributed by atoms with E-state index in [-0.39, 0.29) is 12.4 Å². The van der Waals surface area contributed by atoms with Crippen molar-refractivity contribution in [3.63, 3.8) is 0 Å². The van der Waals surface area contributed by atoms with Gasteiger partial charge in [-0.2, -0.15) is 5.10 Å². The third-order valence-electron chi connectivity index (χ3n) is 4.63. The highest BCUT2D eigenvalue weighted by molar-refractivity contribution is 9.10. The molecule has 0 fully saturated rings. The summed E-state index contributed by atoms with van der Waals surface area (Å²) in [5.41, 5.74) is 4.56. The van der Waals surface area contributed by atoms with Crippen LogP contribution in [0.25, 0.3) is 0 Å². The number of hydrogen-bond acceptors (Lipinski definition) is 5. The van der Waals surface area contributed by atoms with Crippen molar-refractivity contribution in [3.05, 3.63) is 87.6 Å². The number of nitrogens with zero attached hydrogens (tertiary/aromatic N) is 1. The Labute approximate surface area is 205 Å². The quantitative estimate of drug-likeness (QED) is 0.246. The summed E-state index contributed by atoms with van der Waals surface area (Å²) in [7, 11) is 0. The van der Waals surface area contributed by atoms with Crippen LogP contribution in [0, 0.1) is 12.7 Å². The molecular weight excluding hydrogens is 505 g/mol. The van der Waals surface area contributed by atoms with Gasteiger partial charge in [-0.05, 0) is 67.4 Å². The number of carbonyl (C=O) groups is 2. The fourth-order valence-corrected chi connectivity index (χ4v) is 3.40. The number of anilines is 1. The van der Waals surface area contributed by atoms with Crippen LogP contribution >= 0.6 is 15.9 Å². The molecule has 0 aliphatic heterocycles. The Bertz CT molecular complexity index is 1220. The number of halogens is 2. The van der Waals surface area contributed by atoms with Gasteiger partial charge in [0.1, 0.15) is 12.4 Å². The molecule has 0 aromatic heterocycles. The highest BCUT2D eigenvalue weighted by Gasteiger charge is 2.14. The van der Waals surface area contributed by atoms with E-state index in [4.69, 9.17) is 9.47 Å². The van der Waals surface area contributed by atoms with Gasteiger partial charge in [0.15, 0.2) is 11.5 Å². The zero-order chi connectivity index (χ0) is 24.5. The third kappa shape index (κ3) is 6.89. The second-order valence-corrected chi connectivity index (χ2v) is 8.05. The average Bonchev–Trinajstić information content (AvgIpc) is 2.81. The Kier molecular flexibility index (Phi) is 8.75. The van der Waals surface area contributed by atoms with E-state index in [0.717, 1.165) is 10.0 Å². The fraction of sp³-hybridized carbons (Fsp3) is 0.160. The van der Waals surface area contributed by atoms with Gasteiger partial charge >= 0.3 is 11.8 Å². The molecule has 0 bridgehead atoms. The summed E-state index contributed by atoms with van der Waals surface area (Å²) in [5, 5.41) is 6.38. The first-order valence-corrected chi connectivity index (χ1v) is 11.2. The minimum absolute atomic E-state index is 0.0448. The molecule has 0 unspecified atom stereocenters. The van der Waals surface area contributed by atoms with Gasteiger partial charge < -0.3 is 14.8 Å². The maximum atomic E-state index is 13.8. The van der Waals surface area contributed by atoms with Crippen LogP contribution < -0.4 is 20.2 Å². The van der Waals surface area contributed by atoms with Crippen LogP contribution in [0.3, 0.4) is 0 Å². The largest absolute Gasteiger partial charge is 0.490 e. The fourth-order valence-electron chi connectivity index (χ4n) is 2.93. The van der Waals surface area contributed by atoms with E-state index in [9.17, 15) is 14.0 Å². The lowest BCUT2D eigenvalue weighted by molar-refractivity contribution is -0.136. The van der Waals surface area contributed by atoms with Crippen molar-refractivity contribution in [3.8, 4) is 11.5 Å². The van der Waals surface area contributed by atoms with Crippen molar-refractivity contribution in [1.29, 1.82) is 0 Å². The van der Waals surface area contributed by atoms with E-state index in [1.54, 1.807) is 48.5 Å². The van der Waals surface area contributed by atoms with Crippen molar-refractivity contribution in [1.82, 2.24) is 5.43 Å². The average molecular weight is 528 g/mol. The summed E-state index contributed by atoms with van der Waals surface area (Å²) in [4.78, 5) is 24.2. The maximum absolute atomic E-state index is 13.8. The van der Waals surface area contributed by atoms with Crippen molar-refractivity contribution < 1.29 is 23.5 Å². The summed E-state index contributed by atoms with van der Waals surface area (Å²) in [6.45, 7) is 4.08. The van der Waals surface area contributed by atoms with Crippen LogP contribution in [0.5, 0.6) is 11.5 Å². The number of ether oxygens (including phenoxy) is 2. The SMILES string of the molecule is CCOc1cc(/C=N/NC(=O)C(=O)Nc2ccc(Br)cc2C)ccc1OCc1ccccc1F. The number of benzene rings is 3. The Morgan fingerprint density at radius 1 is 1.03 bits per heavy atom. The predicted octanol–water partition coefficient (Wildman–Crippen LogP) is 4.96. The molecule has 0 saturated heterocycles. The van der Waals surface area contributed by atoms with E-state index < -0.39 is 11.8 Å². The lowest BCUT2D eigenvalue weighted by Crippen LogP contribution is -2.32. The molecule has 0 atom stereocenters. The van der Waals surface area contributed by atoms with E-state index in [1.165, 1.54) is 12.3 Å². The summed E-state index contributed by atoms with van der Waals surface area (Å²) in [6.07, 6.45) is 1.37. The normalized spacial score (nSPS) is 10.7. The third-order valence-corrected chi connectivity index (χ3v) is 5.12. The molecule has 0 saturated carbocycles. The van der Waals surface area contributed by atoms with Crippen molar-refractivity contribution in [2.24, 2.45) is 5.10 Å². The molecular formula is C25H23BrFN3O4. The molecule has 0 aliphatic carbocycles. The molecule has 0 aliphatic rings. The molecule has 3 aromatic rings. The molecule has 0 radical (unpaired) electrons. The Hall–Kier alpha value is -3.72. The van der Waals surface area contributed by atoms with Crippen molar-refractivity contribution >= 4 is 39.6 Å². The van der Waals surface area contributed by atoms with Gasteiger partial charge in [-0.1, -0.05) is 34.1 Å². The molecule has 2 N–H and O–H groups in total. The summed E-state index contributed by atoms with van der Waals surface area (Å²) < 4.78 is 26.0. The molecule has 7 nitrogen and oxygen atoms in total. The number of hydrogen-bond donors (Lipinski definition) is 2. The lowest BCUT2D eigenvalue weighted by Gasteiger charge is -2.13. The number of rotatable bonds is 8. The second kappa shape index (κ2) is 11.9. The van der Waals surface area contributed by atoms with Gasteiger partial charge in [-0.3, -0.25) is 9.59 Å². The highest BCUT2D eigenvalue weighted by atomic mass is 79.9. The number of carbonyl (C=O) groups excluding carboxylic acids is 2. The van der Waals surface area contributed by atoms with E-state index in [0.29, 0.717) is 34.9 Å². The molecule has 9 heteroatoms. The molecule has 3 aromatic carbocycles. The standard InChI is InChI=1S/C25H23BrFN3O4/c1-3-33-23-13-17(8-11-22(23)34-15-18-6-4-5-7-20(18)27)14-28-30-25(32)24(31)29-21-10-9-19(26)12-16(21)2/h4-14H,3,15H2,1-2H3,(H,29,31)(H,30,32)/b28-14+. The van der Waals surface area contributed by atoms with Gasteiger partial charge in [0.05, 0.1) is 12.8 Å². The minimum Gasteiger partial charge on any atom is -0.490 e. The van der Waals surface area contributed by atoms with E-state index in [2.05, 4.69) is 31.8 Å². The van der Waals surface area contributed by atoms with Crippen LogP contribution in [-0.2, 0) is 16.2 Å². The van der Waals surface area contributed by atoms with Crippen molar-refractivity contribution in [2.45, 2.75) is 20.5 Å². The van der Waals surface area contributed by atoms with Crippen LogP contribution in [0.15, 0.2) is 70.2 Å². The molecule has 0 heterocycles. The Balaban J connectivity index is 1.61. The maximum Gasteiger partial charge on any atom is 0.329 e. The van der Waals surface area contributed by atoms with Gasteiger partial charge in [-0.25, -0.2) is 9.82 Å². The van der Waals surface area contributed by atoms with E-state index in [1.807, 2.05) is 19.9 Å². The number of amides is 2. The van der Waals surface area contributed by atoms with Crippen molar-refractivity contribution in [2.75, 3.05) is 11.9 Å². The first-order valence-electron chi connectivity index (χ1n) is 10.4. The molecule has 0 spiro atoms. The number of hydrazone groups is 1. The lowest BCUT2D eigenvalue weighted by atomic mass is 10.2. The molecule has 176 valence electrons. The summed E-state index contributed by atoms with van der Waals surface area (Å²) >= 11 is 3.35. The van der Waals surface area contributed by atoms with Crippen LogP contribution in [0.1, 0.15) is 23.6 Å². The monoisotopic (exact) mass is 527 g/mol. The summed E-state index contributed by atoms with van der Waals surface area (Å²) in [6, 6.07) is 16.7. The molecule has 34 heavy (non-hydrogen) atoms. The van der Waals surface area contributed by atoms with Crippen LogP contribution in [0.4, 0.5) is 10.1 Å². The topological polar surface area (TPSA) is 89.0 Å². The first kappa shape index (κ1) is 24.9. The summed E-state index contributed by atoms with van der Waals surface area (Å²) in [5.74, 6) is -1.21. The number of nitrogens with one attached hydrogen (secondary N) is 2. The molecule has 2 amide bonds. The zero-order valence-electron chi connectivity index (χ0n) is 18.6. The molecule has 3 rings (SSSR count). The zero-order valence-corrected chi connectivity index (χ0v) is 20.2. The van der Waals surface area contributed by atoms with Gasteiger partial charge in [0.2, 0.25) is 0 Å². The van der Waals surface area contributed by atoms with Gasteiger partial charge in [0.25, 0.3) is 0 Å². The second-order valence-electron chi connectivity index (χ2n) is 7.13. The predicted molar refractivity (Wildman–Crippen MR) is 132 cm³/mol. The Morgan fingerprint density at radius 2 is 1.82 bits per heavy atom. The Morgan fingerprint density at radius 3 is 2.56 bits per heavy atom. The van der Waals surface area contributed by atoms with E-state index >= 15 is 0 Å². The minimum atomic E-state index is -0.909. The highest BCUT2D eigenvalue weighted by Crippen LogP contribution is 2.29. The number of aryl methyl sites for hydroxylation is 1.